The summed E-state index contributed by atoms with van der Waals surface area (Å²) in [6.45, 7) is 5.24. The van der Waals surface area contributed by atoms with Crippen LogP contribution in [0.2, 0.25) is 0 Å². The Morgan fingerprint density at radius 2 is 1.77 bits per heavy atom. The number of hydrogen-bond acceptors (Lipinski definition) is 8. The Labute approximate surface area is 152 Å². The van der Waals surface area contributed by atoms with Crippen molar-refractivity contribution in [1.29, 1.82) is 0 Å². The Balaban J connectivity index is 2.42. The second-order valence-electron chi connectivity index (χ2n) is 6.26. The molecule has 9 nitrogen and oxygen atoms in total. The van der Waals surface area contributed by atoms with Crippen molar-refractivity contribution < 1.29 is 28.7 Å². The van der Waals surface area contributed by atoms with Gasteiger partial charge in [0.25, 0.3) is 0 Å². The molecule has 0 aliphatic rings. The Kier molecular flexibility index (Phi) is 8.53. The van der Waals surface area contributed by atoms with Crippen LogP contribution in [0.1, 0.15) is 31.1 Å². The Morgan fingerprint density at radius 1 is 1.12 bits per heavy atom. The zero-order valence-corrected chi connectivity index (χ0v) is 15.4. The van der Waals surface area contributed by atoms with Crippen LogP contribution < -0.4 is 11.0 Å². The van der Waals surface area contributed by atoms with Gasteiger partial charge in [0.1, 0.15) is 12.1 Å². The number of hydrogen-bond donors (Lipinski definition) is 2. The van der Waals surface area contributed by atoms with Crippen LogP contribution in [-0.4, -0.2) is 55.3 Å². The lowest BCUT2D eigenvalue weighted by molar-refractivity contribution is -0.141. The van der Waals surface area contributed by atoms with Gasteiger partial charge in [-0.3, -0.25) is 9.69 Å². The molecule has 1 rings (SSSR count). The van der Waals surface area contributed by atoms with E-state index in [0.29, 0.717) is 5.56 Å². The third kappa shape index (κ3) is 8.45. The van der Waals surface area contributed by atoms with Crippen molar-refractivity contribution in [3.8, 4) is 0 Å². The number of ether oxygens (including phenoxy) is 2. The maximum Gasteiger partial charge on any atom is 0.410 e. The summed E-state index contributed by atoms with van der Waals surface area (Å²) in [6, 6.07) is 8.45. The first-order chi connectivity index (χ1) is 12.2. The van der Waals surface area contributed by atoms with Crippen molar-refractivity contribution >= 4 is 18.0 Å². The number of nitrogens with zero attached hydrogens (tertiary/aromatic N) is 1. The van der Waals surface area contributed by atoms with E-state index >= 15 is 0 Å². The van der Waals surface area contributed by atoms with Crippen LogP contribution in [0.15, 0.2) is 30.3 Å². The summed E-state index contributed by atoms with van der Waals surface area (Å²) in [4.78, 5) is 41.3. The second kappa shape index (κ2) is 10.4. The second-order valence-corrected chi connectivity index (χ2v) is 6.26. The molecule has 0 aliphatic carbocycles. The third-order valence-corrected chi connectivity index (χ3v) is 2.93. The number of nitrogens with one attached hydrogen (secondary N) is 2. The average Bonchev–Trinajstić information content (AvgIpc) is 2.59. The molecule has 144 valence electrons. The first-order valence-electron chi connectivity index (χ1n) is 8.02. The van der Waals surface area contributed by atoms with Gasteiger partial charge in [0.2, 0.25) is 0 Å². The van der Waals surface area contributed by atoms with E-state index in [4.69, 9.17) is 9.57 Å². The van der Waals surface area contributed by atoms with Crippen LogP contribution in [0.25, 0.3) is 0 Å². The molecule has 0 fully saturated rings. The number of carbonyl (C=O) groups excluding carboxylic acids is 3. The molecule has 0 saturated carbocycles. The highest BCUT2D eigenvalue weighted by Crippen LogP contribution is 2.09. The zero-order chi connectivity index (χ0) is 19.6. The van der Waals surface area contributed by atoms with Gasteiger partial charge in [-0.25, -0.2) is 15.0 Å². The Morgan fingerprint density at radius 3 is 2.35 bits per heavy atom. The summed E-state index contributed by atoms with van der Waals surface area (Å²) in [7, 11) is 1.23. The highest BCUT2D eigenvalue weighted by molar-refractivity contribution is 5.89. The minimum absolute atomic E-state index is 0.125. The number of methoxy groups -OCH3 is 1. The number of benzene rings is 1. The summed E-state index contributed by atoms with van der Waals surface area (Å²) in [5.41, 5.74) is 4.63. The van der Waals surface area contributed by atoms with Crippen molar-refractivity contribution in [3.05, 3.63) is 35.9 Å². The van der Waals surface area contributed by atoms with Gasteiger partial charge in [-0.15, -0.1) is 0 Å². The predicted molar refractivity (Wildman–Crippen MR) is 92.8 cm³/mol. The molecule has 9 heteroatoms. The Bertz CT molecular complexity index is 600. The van der Waals surface area contributed by atoms with Gasteiger partial charge in [-0.1, -0.05) is 23.8 Å². The topological polar surface area (TPSA) is 106 Å². The molecule has 0 aromatic heterocycles. The van der Waals surface area contributed by atoms with Gasteiger partial charge in [-0.2, -0.15) is 0 Å². The lowest BCUT2D eigenvalue weighted by Gasteiger charge is -2.26. The molecule has 1 aromatic carbocycles. The first-order valence-corrected chi connectivity index (χ1v) is 8.02. The lowest BCUT2D eigenvalue weighted by Crippen LogP contribution is -2.45. The van der Waals surface area contributed by atoms with Crippen LogP contribution >= 0.6 is 0 Å². The molecule has 2 N–H and O–H groups in total. The average molecular weight is 367 g/mol. The minimum atomic E-state index is -0.692. The number of hydrazine groups is 1. The van der Waals surface area contributed by atoms with Crippen molar-refractivity contribution in [2.75, 3.05) is 26.7 Å². The van der Waals surface area contributed by atoms with Crippen molar-refractivity contribution in [1.82, 2.24) is 15.9 Å². The monoisotopic (exact) mass is 367 g/mol. The summed E-state index contributed by atoms with van der Waals surface area (Å²) in [5, 5.41) is 0. The first kappa shape index (κ1) is 21.4. The number of carbonyl (C=O) groups is 3. The van der Waals surface area contributed by atoms with Gasteiger partial charge in [0.15, 0.2) is 0 Å². The van der Waals surface area contributed by atoms with E-state index < -0.39 is 23.6 Å². The van der Waals surface area contributed by atoms with Gasteiger partial charge in [0.05, 0.1) is 12.7 Å². The summed E-state index contributed by atoms with van der Waals surface area (Å²) in [5.74, 6) is -1.13. The fourth-order valence-corrected chi connectivity index (χ4v) is 1.74. The molecule has 0 atom stereocenters. The van der Waals surface area contributed by atoms with E-state index in [2.05, 4.69) is 15.8 Å². The number of amides is 1. The Hall–Kier alpha value is -2.65. The van der Waals surface area contributed by atoms with Crippen LogP contribution in [0.3, 0.4) is 0 Å². The summed E-state index contributed by atoms with van der Waals surface area (Å²) < 4.78 is 9.82. The molecule has 0 unspecified atom stereocenters. The molecule has 0 saturated heterocycles. The van der Waals surface area contributed by atoms with Crippen molar-refractivity contribution in [2.45, 2.75) is 26.4 Å². The van der Waals surface area contributed by atoms with Crippen LogP contribution in [-0.2, 0) is 19.1 Å². The quantitative estimate of drug-likeness (QED) is 0.306. The summed E-state index contributed by atoms with van der Waals surface area (Å²) >= 11 is 0. The van der Waals surface area contributed by atoms with E-state index in [-0.39, 0.29) is 19.6 Å². The molecule has 0 spiro atoms. The standard InChI is InChI=1S/C17H25N3O6/c1-17(2,3)25-16(23)20(12-14(21)24-4)11-10-18-19-26-15(22)13-8-6-5-7-9-13/h5-9,18-19H,10-12H2,1-4H3. The fourth-order valence-electron chi connectivity index (χ4n) is 1.74. The van der Waals surface area contributed by atoms with Gasteiger partial charge >= 0.3 is 18.0 Å². The number of esters is 1. The minimum Gasteiger partial charge on any atom is -0.468 e. The van der Waals surface area contributed by atoms with Crippen LogP contribution in [0.4, 0.5) is 4.79 Å². The van der Waals surface area contributed by atoms with Gasteiger partial charge < -0.3 is 14.3 Å². The van der Waals surface area contributed by atoms with Crippen LogP contribution in [0.5, 0.6) is 0 Å². The van der Waals surface area contributed by atoms with Crippen LogP contribution in [0, 0.1) is 0 Å². The third-order valence-electron chi connectivity index (χ3n) is 2.93. The predicted octanol–water partition coefficient (Wildman–Crippen LogP) is 1.26. The number of rotatable bonds is 8. The SMILES string of the molecule is COC(=O)CN(CCNNOC(=O)c1ccccc1)C(=O)OC(C)(C)C. The van der Waals surface area contributed by atoms with E-state index in [0.717, 1.165) is 0 Å². The summed E-state index contributed by atoms with van der Waals surface area (Å²) in [6.07, 6.45) is -0.647. The molecule has 26 heavy (non-hydrogen) atoms. The van der Waals surface area contributed by atoms with E-state index in [1.165, 1.54) is 12.0 Å². The smallest absolute Gasteiger partial charge is 0.410 e. The molecule has 0 radical (unpaired) electrons. The largest absolute Gasteiger partial charge is 0.468 e. The molecule has 0 heterocycles. The maximum absolute atomic E-state index is 12.1. The molecule has 0 aliphatic heterocycles. The van der Waals surface area contributed by atoms with Gasteiger partial charge in [-0.05, 0) is 32.9 Å². The van der Waals surface area contributed by atoms with Gasteiger partial charge in [0, 0.05) is 13.1 Å². The van der Waals surface area contributed by atoms with E-state index in [9.17, 15) is 14.4 Å². The molecule has 0 bridgehead atoms. The van der Waals surface area contributed by atoms with Crippen molar-refractivity contribution in [2.24, 2.45) is 0 Å². The fraction of sp³-hybridized carbons (Fsp3) is 0.471. The lowest BCUT2D eigenvalue weighted by atomic mass is 10.2. The molecular weight excluding hydrogens is 342 g/mol. The molecule has 1 amide bonds. The molecular formula is C17H25N3O6. The van der Waals surface area contributed by atoms with E-state index in [1.54, 1.807) is 51.1 Å². The van der Waals surface area contributed by atoms with Crippen molar-refractivity contribution in [3.63, 3.8) is 0 Å². The highest BCUT2D eigenvalue weighted by atomic mass is 16.7. The van der Waals surface area contributed by atoms with E-state index in [1.807, 2.05) is 0 Å². The maximum atomic E-state index is 12.1. The molecule has 1 aromatic rings. The normalized spacial score (nSPS) is 10.8. The zero-order valence-electron chi connectivity index (χ0n) is 15.4. The highest BCUT2D eigenvalue weighted by Gasteiger charge is 2.24.